The molecule has 3 N–H and O–H groups in total. The molecule has 0 aliphatic heterocycles. The van der Waals surface area contributed by atoms with Crippen molar-refractivity contribution in [3.05, 3.63) is 23.8 Å². The Morgan fingerprint density at radius 3 is 2.50 bits per heavy atom. The van der Waals surface area contributed by atoms with Gasteiger partial charge >= 0.3 is 0 Å². The number of hydrogen-bond acceptors (Lipinski definition) is 5. The standard InChI is InChI=1S/C21H33F2N3O2/c1-20(2,3)19-24-9-6-14(26-19)10-15-16(12-27)18(28)11-17(15)25-13-4-7-21(22,23)8-5-13/h6,9,13,15-18,25,27-28H,4-5,7-8,10-12H2,1-3H3. The van der Waals surface area contributed by atoms with E-state index >= 15 is 0 Å². The van der Waals surface area contributed by atoms with Crippen molar-refractivity contribution in [1.82, 2.24) is 15.3 Å². The predicted octanol–water partition coefficient (Wildman–Crippen LogP) is 2.84. The van der Waals surface area contributed by atoms with Gasteiger partial charge in [0.25, 0.3) is 0 Å². The summed E-state index contributed by atoms with van der Waals surface area (Å²) in [5.41, 5.74) is 0.728. The fraction of sp³-hybridized carbons (Fsp3) is 0.810. The Bertz CT molecular complexity index is 655. The fourth-order valence-corrected chi connectivity index (χ4v) is 4.56. The van der Waals surface area contributed by atoms with Gasteiger partial charge in [-0.05, 0) is 37.7 Å². The molecule has 7 heteroatoms. The van der Waals surface area contributed by atoms with Crippen LogP contribution in [0.15, 0.2) is 12.3 Å². The molecule has 0 saturated heterocycles. The molecule has 1 aromatic rings. The summed E-state index contributed by atoms with van der Waals surface area (Å²) in [6.45, 7) is 6.09. The first-order valence-corrected chi connectivity index (χ1v) is 10.3. The average molecular weight is 398 g/mol. The molecule has 2 fully saturated rings. The quantitative estimate of drug-likeness (QED) is 0.712. The number of alkyl halides is 2. The third-order valence-corrected chi connectivity index (χ3v) is 6.26. The number of nitrogens with zero attached hydrogens (tertiary/aromatic N) is 2. The average Bonchev–Trinajstić information content (AvgIpc) is 2.90. The Kier molecular flexibility index (Phi) is 6.37. The molecular weight excluding hydrogens is 364 g/mol. The van der Waals surface area contributed by atoms with Gasteiger partial charge in [-0.1, -0.05) is 20.8 Å². The summed E-state index contributed by atoms with van der Waals surface area (Å²) in [6, 6.07) is 1.90. The fourth-order valence-electron chi connectivity index (χ4n) is 4.56. The summed E-state index contributed by atoms with van der Waals surface area (Å²) in [4.78, 5) is 9.07. The second-order valence-electron chi connectivity index (χ2n) is 9.54. The molecule has 4 unspecified atom stereocenters. The second-order valence-corrected chi connectivity index (χ2v) is 9.54. The number of aromatic nitrogens is 2. The highest BCUT2D eigenvalue weighted by Crippen LogP contribution is 2.38. The van der Waals surface area contributed by atoms with Crippen molar-refractivity contribution in [1.29, 1.82) is 0 Å². The number of aliphatic hydroxyl groups excluding tert-OH is 2. The normalized spacial score (nSPS) is 31.2. The van der Waals surface area contributed by atoms with Crippen LogP contribution in [0, 0.1) is 11.8 Å². The zero-order chi connectivity index (χ0) is 20.5. The second kappa shape index (κ2) is 8.28. The van der Waals surface area contributed by atoms with Crippen molar-refractivity contribution >= 4 is 0 Å². The van der Waals surface area contributed by atoms with E-state index in [1.54, 1.807) is 6.20 Å². The van der Waals surface area contributed by atoms with E-state index in [1.807, 2.05) is 6.07 Å². The molecule has 5 nitrogen and oxygen atoms in total. The van der Waals surface area contributed by atoms with Gasteiger partial charge in [0, 0.05) is 54.8 Å². The Morgan fingerprint density at radius 1 is 1.21 bits per heavy atom. The van der Waals surface area contributed by atoms with Crippen molar-refractivity contribution in [2.75, 3.05) is 6.61 Å². The number of hydrogen-bond donors (Lipinski definition) is 3. The lowest BCUT2D eigenvalue weighted by atomic mass is 9.86. The smallest absolute Gasteiger partial charge is 0.248 e. The molecule has 0 radical (unpaired) electrons. The van der Waals surface area contributed by atoms with Crippen LogP contribution >= 0.6 is 0 Å². The monoisotopic (exact) mass is 397 g/mol. The maximum Gasteiger partial charge on any atom is 0.248 e. The highest BCUT2D eigenvalue weighted by Gasteiger charge is 2.44. The van der Waals surface area contributed by atoms with Crippen LogP contribution in [-0.2, 0) is 11.8 Å². The molecule has 3 rings (SSSR count). The minimum atomic E-state index is -2.55. The molecule has 28 heavy (non-hydrogen) atoms. The van der Waals surface area contributed by atoms with Crippen molar-refractivity contribution < 1.29 is 19.0 Å². The largest absolute Gasteiger partial charge is 0.396 e. The third-order valence-electron chi connectivity index (χ3n) is 6.26. The van der Waals surface area contributed by atoms with Crippen molar-refractivity contribution in [3.63, 3.8) is 0 Å². The molecular formula is C21H33F2N3O2. The van der Waals surface area contributed by atoms with E-state index in [0.29, 0.717) is 25.7 Å². The summed E-state index contributed by atoms with van der Waals surface area (Å²) in [5.74, 6) is -2.02. The number of nitrogens with one attached hydrogen (secondary N) is 1. The summed E-state index contributed by atoms with van der Waals surface area (Å²) in [5, 5.41) is 23.8. The van der Waals surface area contributed by atoms with Crippen molar-refractivity contribution in [3.8, 4) is 0 Å². The van der Waals surface area contributed by atoms with E-state index in [2.05, 4.69) is 31.1 Å². The van der Waals surface area contributed by atoms with Gasteiger partial charge in [0.2, 0.25) is 5.92 Å². The first kappa shape index (κ1) is 21.5. The zero-order valence-corrected chi connectivity index (χ0v) is 17.0. The molecule has 1 heterocycles. The minimum Gasteiger partial charge on any atom is -0.396 e. The van der Waals surface area contributed by atoms with Gasteiger partial charge in [-0.2, -0.15) is 0 Å². The van der Waals surface area contributed by atoms with Gasteiger partial charge in [-0.15, -0.1) is 0 Å². The molecule has 158 valence electrons. The van der Waals surface area contributed by atoms with Gasteiger partial charge in [0.15, 0.2) is 0 Å². The van der Waals surface area contributed by atoms with Gasteiger partial charge in [0.05, 0.1) is 6.10 Å². The Morgan fingerprint density at radius 2 is 1.89 bits per heavy atom. The highest BCUT2D eigenvalue weighted by atomic mass is 19.3. The molecule has 0 aromatic carbocycles. The van der Waals surface area contributed by atoms with Gasteiger partial charge in [-0.3, -0.25) is 0 Å². The molecule has 0 spiro atoms. The maximum absolute atomic E-state index is 13.5. The summed E-state index contributed by atoms with van der Waals surface area (Å²) in [6.07, 6.45) is 3.02. The van der Waals surface area contributed by atoms with Crippen LogP contribution in [0.25, 0.3) is 0 Å². The highest BCUT2D eigenvalue weighted by molar-refractivity contribution is 5.11. The van der Waals surface area contributed by atoms with E-state index in [0.717, 1.165) is 11.5 Å². The Labute approximate surface area is 166 Å². The summed E-state index contributed by atoms with van der Waals surface area (Å²) in [7, 11) is 0. The lowest BCUT2D eigenvalue weighted by Crippen LogP contribution is -2.45. The molecule has 2 saturated carbocycles. The molecule has 2 aliphatic rings. The van der Waals surface area contributed by atoms with Crippen LogP contribution < -0.4 is 5.32 Å². The molecule has 4 atom stereocenters. The lowest BCUT2D eigenvalue weighted by Gasteiger charge is -2.33. The van der Waals surface area contributed by atoms with E-state index in [1.165, 1.54) is 0 Å². The topological polar surface area (TPSA) is 78.3 Å². The van der Waals surface area contributed by atoms with Gasteiger partial charge < -0.3 is 15.5 Å². The first-order valence-electron chi connectivity index (χ1n) is 10.3. The number of halogens is 2. The summed E-state index contributed by atoms with van der Waals surface area (Å²) < 4.78 is 26.9. The Hall–Kier alpha value is -1.18. The van der Waals surface area contributed by atoms with Crippen LogP contribution in [0.5, 0.6) is 0 Å². The third kappa shape index (κ3) is 5.05. The number of rotatable bonds is 5. The van der Waals surface area contributed by atoms with Gasteiger partial charge in [-0.25, -0.2) is 18.7 Å². The molecule has 0 bridgehead atoms. The zero-order valence-electron chi connectivity index (χ0n) is 17.0. The van der Waals surface area contributed by atoms with Crippen molar-refractivity contribution in [2.45, 2.75) is 88.8 Å². The Balaban J connectivity index is 1.72. The first-order chi connectivity index (χ1) is 13.1. The molecule has 1 aromatic heterocycles. The maximum atomic E-state index is 13.5. The SMILES string of the molecule is CC(C)(C)c1nccc(CC2C(NC3CCC(F)(F)CC3)CC(O)C2CO)n1. The molecule has 2 aliphatic carbocycles. The van der Waals surface area contributed by atoms with Crippen molar-refractivity contribution in [2.24, 2.45) is 11.8 Å². The van der Waals surface area contributed by atoms with Crippen LogP contribution in [0.1, 0.15) is 64.4 Å². The lowest BCUT2D eigenvalue weighted by molar-refractivity contribution is -0.0417. The van der Waals surface area contributed by atoms with E-state index in [-0.39, 0.29) is 48.8 Å². The van der Waals surface area contributed by atoms with Crippen LogP contribution in [0.2, 0.25) is 0 Å². The number of aliphatic hydroxyl groups is 2. The van der Waals surface area contributed by atoms with Crippen LogP contribution in [0.4, 0.5) is 8.78 Å². The van der Waals surface area contributed by atoms with Gasteiger partial charge in [0.1, 0.15) is 5.82 Å². The predicted molar refractivity (Wildman–Crippen MR) is 103 cm³/mol. The van der Waals surface area contributed by atoms with Crippen LogP contribution in [0.3, 0.4) is 0 Å². The van der Waals surface area contributed by atoms with E-state index in [9.17, 15) is 19.0 Å². The molecule has 0 amide bonds. The summed E-state index contributed by atoms with van der Waals surface area (Å²) >= 11 is 0. The van der Waals surface area contributed by atoms with E-state index < -0.39 is 12.0 Å². The van der Waals surface area contributed by atoms with E-state index in [4.69, 9.17) is 4.98 Å². The van der Waals surface area contributed by atoms with Crippen LogP contribution in [-0.4, -0.2) is 50.9 Å². The minimum absolute atomic E-state index is 0.00477.